The lowest BCUT2D eigenvalue weighted by molar-refractivity contribution is 0.153. The maximum absolute atomic E-state index is 14.0. The van der Waals surface area contributed by atoms with Gasteiger partial charge >= 0.3 is 0 Å². The Labute approximate surface area is 178 Å². The van der Waals surface area contributed by atoms with Gasteiger partial charge in [0.25, 0.3) is 0 Å². The van der Waals surface area contributed by atoms with Crippen molar-refractivity contribution in [3.05, 3.63) is 58.4 Å². The van der Waals surface area contributed by atoms with Crippen LogP contribution in [-0.4, -0.2) is 56.2 Å². The van der Waals surface area contributed by atoms with Gasteiger partial charge in [0.15, 0.2) is 11.5 Å². The molecule has 1 aliphatic heterocycles. The number of benzene rings is 2. The van der Waals surface area contributed by atoms with Gasteiger partial charge in [-0.2, -0.15) is 0 Å². The predicted octanol–water partition coefficient (Wildman–Crippen LogP) is 4.64. The minimum Gasteiger partial charge on any atom is -0.490 e. The molecule has 3 rings (SSSR count). The normalized spacial score (nSPS) is 15.4. The van der Waals surface area contributed by atoms with Crippen LogP contribution in [-0.2, 0) is 13.0 Å². The highest BCUT2D eigenvalue weighted by atomic mass is 35.5. The van der Waals surface area contributed by atoms with E-state index in [1.807, 2.05) is 19.1 Å². The summed E-state index contributed by atoms with van der Waals surface area (Å²) in [7, 11) is 2.18. The van der Waals surface area contributed by atoms with Crippen LogP contribution in [0.1, 0.15) is 24.5 Å². The summed E-state index contributed by atoms with van der Waals surface area (Å²) in [5, 5.41) is 0.364. The topological polar surface area (TPSA) is 24.9 Å². The van der Waals surface area contributed by atoms with Crippen LogP contribution in [0.4, 0.5) is 4.39 Å². The third kappa shape index (κ3) is 6.33. The fourth-order valence-electron chi connectivity index (χ4n) is 3.49. The van der Waals surface area contributed by atoms with Crippen molar-refractivity contribution in [1.82, 2.24) is 9.80 Å². The van der Waals surface area contributed by atoms with E-state index >= 15 is 0 Å². The van der Waals surface area contributed by atoms with Gasteiger partial charge in [-0.05, 0) is 63.2 Å². The number of piperazine rings is 1. The van der Waals surface area contributed by atoms with E-state index in [1.54, 1.807) is 12.1 Å². The largest absolute Gasteiger partial charge is 0.490 e. The van der Waals surface area contributed by atoms with E-state index in [0.29, 0.717) is 28.7 Å². The highest BCUT2D eigenvalue weighted by molar-refractivity contribution is 6.31. The van der Waals surface area contributed by atoms with Gasteiger partial charge in [0.1, 0.15) is 12.4 Å². The average Bonchev–Trinajstić information content (AvgIpc) is 2.71. The van der Waals surface area contributed by atoms with E-state index < -0.39 is 0 Å². The van der Waals surface area contributed by atoms with Gasteiger partial charge in [-0.1, -0.05) is 23.7 Å². The molecule has 1 aliphatic rings. The summed E-state index contributed by atoms with van der Waals surface area (Å²) in [6.07, 6.45) is 2.10. The number of halogens is 2. The zero-order valence-corrected chi connectivity index (χ0v) is 18.1. The van der Waals surface area contributed by atoms with Crippen molar-refractivity contribution in [1.29, 1.82) is 0 Å². The van der Waals surface area contributed by atoms with E-state index in [0.717, 1.165) is 45.6 Å². The Morgan fingerprint density at radius 3 is 2.55 bits per heavy atom. The molecule has 0 spiro atoms. The molecule has 0 aromatic heterocycles. The Morgan fingerprint density at radius 2 is 1.83 bits per heavy atom. The zero-order chi connectivity index (χ0) is 20.6. The Bertz CT molecular complexity index is 774. The molecular formula is C23H30ClFN2O2. The first-order valence-corrected chi connectivity index (χ1v) is 10.7. The molecule has 1 heterocycles. The average molecular weight is 421 g/mol. The molecule has 2 aromatic rings. The highest BCUT2D eigenvalue weighted by Gasteiger charge is 2.14. The lowest BCUT2D eigenvalue weighted by Crippen LogP contribution is -2.44. The standard InChI is InChI=1S/C23H30ClFN2O2/c1-3-28-23-16-18(6-5-11-27-14-12-26(2)13-15-27)9-10-22(23)29-17-19-20(24)7-4-8-21(19)25/h4,7-10,16H,3,5-6,11-15,17H2,1-2H3. The van der Waals surface area contributed by atoms with Crippen LogP contribution >= 0.6 is 11.6 Å². The molecule has 0 radical (unpaired) electrons. The Morgan fingerprint density at radius 1 is 1.03 bits per heavy atom. The molecule has 29 heavy (non-hydrogen) atoms. The first kappa shape index (κ1) is 21.9. The second kappa shape index (κ2) is 10.8. The fourth-order valence-corrected chi connectivity index (χ4v) is 3.71. The molecule has 0 amide bonds. The van der Waals surface area contributed by atoms with Crippen molar-refractivity contribution >= 4 is 11.6 Å². The van der Waals surface area contributed by atoms with Crippen LogP contribution in [0.3, 0.4) is 0 Å². The number of hydrogen-bond donors (Lipinski definition) is 0. The van der Waals surface area contributed by atoms with Crippen LogP contribution in [0.25, 0.3) is 0 Å². The van der Waals surface area contributed by atoms with Gasteiger partial charge in [0.2, 0.25) is 0 Å². The van der Waals surface area contributed by atoms with Crippen molar-refractivity contribution in [2.24, 2.45) is 0 Å². The summed E-state index contributed by atoms with van der Waals surface area (Å²) in [5.41, 5.74) is 1.58. The number of hydrogen-bond acceptors (Lipinski definition) is 4. The van der Waals surface area contributed by atoms with Gasteiger partial charge in [0, 0.05) is 31.7 Å². The van der Waals surface area contributed by atoms with Crippen LogP contribution in [0.2, 0.25) is 5.02 Å². The fraction of sp³-hybridized carbons (Fsp3) is 0.478. The Balaban J connectivity index is 1.58. The summed E-state index contributed by atoms with van der Waals surface area (Å²) in [6.45, 7) is 8.24. The molecule has 0 aliphatic carbocycles. The van der Waals surface area contributed by atoms with Gasteiger partial charge in [-0.25, -0.2) is 4.39 Å². The number of likely N-dealkylation sites (N-methyl/N-ethyl adjacent to an activating group) is 1. The Hall–Kier alpha value is -1.82. The first-order valence-electron chi connectivity index (χ1n) is 10.3. The second-order valence-electron chi connectivity index (χ2n) is 7.45. The van der Waals surface area contributed by atoms with Crippen LogP contribution in [0, 0.1) is 5.82 Å². The molecule has 0 unspecified atom stereocenters. The molecule has 0 bridgehead atoms. The smallest absolute Gasteiger partial charge is 0.161 e. The summed E-state index contributed by atoms with van der Waals surface area (Å²) in [4.78, 5) is 4.90. The zero-order valence-electron chi connectivity index (χ0n) is 17.3. The van der Waals surface area contributed by atoms with Crippen molar-refractivity contribution in [2.45, 2.75) is 26.4 Å². The van der Waals surface area contributed by atoms with Crippen LogP contribution in [0.15, 0.2) is 36.4 Å². The van der Waals surface area contributed by atoms with E-state index in [2.05, 4.69) is 22.9 Å². The quantitative estimate of drug-likeness (QED) is 0.590. The first-order chi connectivity index (χ1) is 14.1. The molecule has 6 heteroatoms. The van der Waals surface area contributed by atoms with Crippen molar-refractivity contribution in [3.8, 4) is 11.5 Å². The minimum absolute atomic E-state index is 0.0638. The molecule has 158 valence electrons. The third-order valence-electron chi connectivity index (χ3n) is 5.28. The summed E-state index contributed by atoms with van der Waals surface area (Å²) < 4.78 is 25.6. The third-order valence-corrected chi connectivity index (χ3v) is 5.63. The molecule has 2 aromatic carbocycles. The minimum atomic E-state index is -0.365. The maximum Gasteiger partial charge on any atom is 0.161 e. The number of ether oxygens (including phenoxy) is 2. The SMILES string of the molecule is CCOc1cc(CCCN2CCN(C)CC2)ccc1OCc1c(F)cccc1Cl. The summed E-state index contributed by atoms with van der Waals surface area (Å²) in [5.74, 6) is 0.932. The molecule has 0 atom stereocenters. The van der Waals surface area contributed by atoms with Crippen LogP contribution in [0.5, 0.6) is 11.5 Å². The molecular weight excluding hydrogens is 391 g/mol. The lowest BCUT2D eigenvalue weighted by atomic mass is 10.1. The van der Waals surface area contributed by atoms with Crippen molar-refractivity contribution in [2.75, 3.05) is 46.4 Å². The lowest BCUT2D eigenvalue weighted by Gasteiger charge is -2.32. The number of nitrogens with zero attached hydrogens (tertiary/aromatic N) is 2. The monoisotopic (exact) mass is 420 g/mol. The van der Waals surface area contributed by atoms with Gasteiger partial charge in [-0.15, -0.1) is 0 Å². The maximum atomic E-state index is 14.0. The number of rotatable bonds is 9. The van der Waals surface area contributed by atoms with Gasteiger partial charge in [-0.3, -0.25) is 0 Å². The molecule has 0 saturated carbocycles. The predicted molar refractivity (Wildman–Crippen MR) is 116 cm³/mol. The summed E-state index contributed by atoms with van der Waals surface area (Å²) in [6, 6.07) is 10.6. The van der Waals surface area contributed by atoms with Gasteiger partial charge in [0.05, 0.1) is 11.6 Å². The summed E-state index contributed by atoms with van der Waals surface area (Å²) >= 11 is 6.09. The van der Waals surface area contributed by atoms with Crippen molar-refractivity contribution < 1.29 is 13.9 Å². The second-order valence-corrected chi connectivity index (χ2v) is 7.86. The van der Waals surface area contributed by atoms with E-state index in [9.17, 15) is 4.39 Å². The van der Waals surface area contributed by atoms with Crippen LogP contribution < -0.4 is 9.47 Å². The molecule has 1 fully saturated rings. The molecule has 0 N–H and O–H groups in total. The van der Waals surface area contributed by atoms with E-state index in [4.69, 9.17) is 21.1 Å². The highest BCUT2D eigenvalue weighted by Crippen LogP contribution is 2.31. The number of aryl methyl sites for hydroxylation is 1. The van der Waals surface area contributed by atoms with E-state index in [-0.39, 0.29) is 12.4 Å². The van der Waals surface area contributed by atoms with Crippen molar-refractivity contribution in [3.63, 3.8) is 0 Å². The van der Waals surface area contributed by atoms with Gasteiger partial charge < -0.3 is 19.3 Å². The molecule has 1 saturated heterocycles. The Kier molecular flexibility index (Phi) is 8.16. The molecule has 4 nitrogen and oxygen atoms in total. The van der Waals surface area contributed by atoms with E-state index in [1.165, 1.54) is 11.6 Å².